The van der Waals surface area contributed by atoms with E-state index in [1.54, 1.807) is 0 Å². The molecular formula is C46H40N2O2. The van der Waals surface area contributed by atoms with Crippen molar-refractivity contribution in [1.29, 1.82) is 0 Å². The first-order chi connectivity index (χ1) is 24.6. The van der Waals surface area contributed by atoms with E-state index in [2.05, 4.69) is 89.5 Å². The van der Waals surface area contributed by atoms with Crippen LogP contribution in [0, 0.1) is 0 Å². The minimum absolute atomic E-state index is 0.177. The third-order valence-electron chi connectivity index (χ3n) is 11.1. The smallest absolute Gasteiger partial charge is 0.261 e. The van der Waals surface area contributed by atoms with Crippen LogP contribution in [0.3, 0.4) is 0 Å². The van der Waals surface area contributed by atoms with Crippen LogP contribution < -0.4 is 0 Å². The number of carbonyl (C=O) groups excluding carboxylic acids is 2. The van der Waals surface area contributed by atoms with Gasteiger partial charge in [0.25, 0.3) is 11.8 Å². The Morgan fingerprint density at radius 2 is 1.02 bits per heavy atom. The average Bonchev–Trinajstić information content (AvgIpc) is 3.47. The summed E-state index contributed by atoms with van der Waals surface area (Å²) >= 11 is 0. The molecule has 0 fully saturated rings. The standard InChI is InChI=1S/C46H40N2O2/c49-45-40-15-5-9-35-10-6-16-41(44(35)40)46(50)48(45)28-8-12-37-30-32-20-19-31-21-23-33(25-26-34(37)24-22-32)36(29-31)11-7-27-47-42-17-3-1-13-38(42)39-14-2-4-18-43(39)47/h1-6,9-10,13-18,21-24,29-30H,7-8,11-12,19-20,25-28H2. The molecule has 0 radical (unpaired) electrons. The number of imide groups is 1. The molecule has 1 aromatic heterocycles. The van der Waals surface area contributed by atoms with Gasteiger partial charge in [0.2, 0.25) is 0 Å². The number of hydrogen-bond acceptors (Lipinski definition) is 2. The lowest BCUT2D eigenvalue weighted by atomic mass is 9.89. The molecule has 4 bridgehead atoms. The molecule has 0 N–H and O–H groups in total. The van der Waals surface area contributed by atoms with Gasteiger partial charge >= 0.3 is 0 Å². The SMILES string of the molecule is O=C1c2cccc3cccc(c23)C(=O)N1CCCc1cc2ccc1CCc1ccc(cc1CCCn1c3ccccc3c3ccccc31)CC2. The third-order valence-corrected chi connectivity index (χ3v) is 11.1. The van der Waals surface area contributed by atoms with Crippen molar-refractivity contribution in [2.24, 2.45) is 0 Å². The summed E-state index contributed by atoms with van der Waals surface area (Å²) < 4.78 is 2.50. The number of benzene rings is 6. The number of hydrogen-bond donors (Lipinski definition) is 0. The molecular weight excluding hydrogens is 613 g/mol. The summed E-state index contributed by atoms with van der Waals surface area (Å²) in [4.78, 5) is 28.4. The van der Waals surface area contributed by atoms with Crippen LogP contribution in [0.2, 0.25) is 0 Å². The zero-order valence-electron chi connectivity index (χ0n) is 28.3. The molecule has 0 unspecified atom stereocenters. The van der Waals surface area contributed by atoms with Crippen LogP contribution >= 0.6 is 0 Å². The number of carbonyl (C=O) groups is 2. The fourth-order valence-corrected chi connectivity index (χ4v) is 8.56. The number of aromatic nitrogens is 1. The molecule has 6 aromatic carbocycles. The van der Waals surface area contributed by atoms with Crippen LogP contribution in [0.1, 0.15) is 66.9 Å². The average molecular weight is 653 g/mol. The first-order valence-electron chi connectivity index (χ1n) is 18.2. The van der Waals surface area contributed by atoms with E-state index >= 15 is 0 Å². The van der Waals surface area contributed by atoms with E-state index in [-0.39, 0.29) is 11.8 Å². The molecule has 0 saturated heterocycles. The summed E-state index contributed by atoms with van der Waals surface area (Å²) in [5.74, 6) is -0.353. The summed E-state index contributed by atoms with van der Waals surface area (Å²) in [7, 11) is 0. The number of amides is 2. The Balaban J connectivity index is 0.906. The van der Waals surface area contributed by atoms with Crippen LogP contribution in [-0.4, -0.2) is 27.8 Å². The molecule has 12 rings (SSSR count). The number of rotatable bonds is 8. The summed E-state index contributed by atoms with van der Waals surface area (Å²) in [6, 6.07) is 43.2. The lowest BCUT2D eigenvalue weighted by Gasteiger charge is -2.27. The predicted octanol–water partition coefficient (Wildman–Crippen LogP) is 9.69. The highest BCUT2D eigenvalue weighted by Crippen LogP contribution is 2.32. The Labute approximate surface area is 293 Å². The second-order valence-electron chi connectivity index (χ2n) is 14.1. The fourth-order valence-electron chi connectivity index (χ4n) is 8.56. The Kier molecular flexibility index (Phi) is 7.80. The van der Waals surface area contributed by atoms with Gasteiger partial charge in [0.05, 0.1) is 0 Å². The lowest BCUT2D eigenvalue weighted by Crippen LogP contribution is -2.41. The van der Waals surface area contributed by atoms with E-state index in [1.165, 1.54) is 60.1 Å². The quantitative estimate of drug-likeness (QED) is 0.153. The van der Waals surface area contributed by atoms with E-state index in [9.17, 15) is 9.59 Å². The maximum atomic E-state index is 13.5. The molecule has 4 nitrogen and oxygen atoms in total. The van der Waals surface area contributed by atoms with Crippen molar-refractivity contribution in [1.82, 2.24) is 9.47 Å². The van der Waals surface area contributed by atoms with Gasteiger partial charge in [0, 0.05) is 51.4 Å². The minimum atomic E-state index is -0.177. The van der Waals surface area contributed by atoms with Crippen molar-refractivity contribution in [2.75, 3.05) is 6.54 Å². The van der Waals surface area contributed by atoms with E-state index in [0.29, 0.717) is 17.7 Å². The molecule has 0 spiro atoms. The van der Waals surface area contributed by atoms with Crippen molar-refractivity contribution in [3.8, 4) is 0 Å². The van der Waals surface area contributed by atoms with E-state index < -0.39 is 0 Å². The van der Waals surface area contributed by atoms with Crippen molar-refractivity contribution in [3.63, 3.8) is 0 Å². The zero-order chi connectivity index (χ0) is 33.6. The van der Waals surface area contributed by atoms with Crippen molar-refractivity contribution >= 4 is 44.4 Å². The van der Waals surface area contributed by atoms with Crippen molar-refractivity contribution < 1.29 is 9.59 Å². The lowest BCUT2D eigenvalue weighted by molar-refractivity contribution is 0.0609. The molecule has 5 aliphatic rings. The van der Waals surface area contributed by atoms with Gasteiger partial charge in [-0.05, 0) is 114 Å². The fraction of sp³-hybridized carbons (Fsp3) is 0.217. The highest BCUT2D eigenvalue weighted by molar-refractivity contribution is 6.25. The summed E-state index contributed by atoms with van der Waals surface area (Å²) in [5.41, 5.74) is 12.3. The Morgan fingerprint density at radius 3 is 1.58 bits per heavy atom. The molecule has 1 aliphatic heterocycles. The Bertz CT molecular complexity index is 2350. The molecule has 246 valence electrons. The number of nitrogens with zero attached hydrogens (tertiary/aromatic N) is 2. The highest BCUT2D eigenvalue weighted by atomic mass is 16.2. The number of fused-ring (bicyclic) bond motifs is 3. The molecule has 4 heteroatoms. The van der Waals surface area contributed by atoms with Gasteiger partial charge in [0.1, 0.15) is 0 Å². The molecule has 2 heterocycles. The summed E-state index contributed by atoms with van der Waals surface area (Å²) in [5, 5.41) is 4.39. The van der Waals surface area contributed by atoms with Crippen LogP contribution in [0.25, 0.3) is 32.6 Å². The van der Waals surface area contributed by atoms with Crippen LogP contribution in [0.4, 0.5) is 0 Å². The Morgan fingerprint density at radius 1 is 0.500 bits per heavy atom. The zero-order valence-corrected chi connectivity index (χ0v) is 28.3. The predicted molar refractivity (Wildman–Crippen MR) is 203 cm³/mol. The largest absolute Gasteiger partial charge is 0.340 e. The molecule has 4 aliphatic carbocycles. The molecule has 7 aromatic rings. The maximum absolute atomic E-state index is 13.5. The second kappa shape index (κ2) is 12.8. The first kappa shape index (κ1) is 30.6. The van der Waals surface area contributed by atoms with Crippen molar-refractivity contribution in [3.05, 3.63) is 166 Å². The van der Waals surface area contributed by atoms with Crippen LogP contribution in [-0.2, 0) is 45.1 Å². The monoisotopic (exact) mass is 652 g/mol. The Hall–Kier alpha value is -5.48. The first-order valence-corrected chi connectivity index (χ1v) is 18.2. The number of aryl methyl sites for hydroxylation is 7. The normalized spacial score (nSPS) is 14.2. The van der Waals surface area contributed by atoms with Gasteiger partial charge in [-0.2, -0.15) is 0 Å². The van der Waals surface area contributed by atoms with Crippen LogP contribution in [0.5, 0.6) is 0 Å². The van der Waals surface area contributed by atoms with E-state index in [4.69, 9.17) is 0 Å². The van der Waals surface area contributed by atoms with Gasteiger partial charge < -0.3 is 4.57 Å². The van der Waals surface area contributed by atoms with Gasteiger partial charge in [-0.3, -0.25) is 14.5 Å². The number of para-hydroxylation sites is 2. The maximum Gasteiger partial charge on any atom is 0.261 e. The second-order valence-corrected chi connectivity index (χ2v) is 14.1. The molecule has 0 atom stereocenters. The highest BCUT2D eigenvalue weighted by Gasteiger charge is 2.32. The van der Waals surface area contributed by atoms with Gasteiger partial charge in [0.15, 0.2) is 0 Å². The van der Waals surface area contributed by atoms with E-state index in [0.717, 1.165) is 68.7 Å². The van der Waals surface area contributed by atoms with Gasteiger partial charge in [-0.1, -0.05) is 97.1 Å². The molecule has 0 saturated carbocycles. The van der Waals surface area contributed by atoms with Gasteiger partial charge in [-0.25, -0.2) is 0 Å². The summed E-state index contributed by atoms with van der Waals surface area (Å²) in [6.45, 7) is 1.41. The van der Waals surface area contributed by atoms with E-state index in [1.807, 2.05) is 36.4 Å². The third kappa shape index (κ3) is 5.40. The minimum Gasteiger partial charge on any atom is -0.340 e. The van der Waals surface area contributed by atoms with Crippen molar-refractivity contribution in [2.45, 2.75) is 57.9 Å². The van der Waals surface area contributed by atoms with Gasteiger partial charge in [-0.15, -0.1) is 0 Å². The summed E-state index contributed by atoms with van der Waals surface area (Å²) in [6.07, 6.45) is 7.72. The van der Waals surface area contributed by atoms with Crippen LogP contribution in [0.15, 0.2) is 121 Å². The molecule has 50 heavy (non-hydrogen) atoms. The molecule has 2 amide bonds. The topological polar surface area (TPSA) is 42.3 Å².